The zero-order valence-electron chi connectivity index (χ0n) is 14.5. The zero-order valence-corrected chi connectivity index (χ0v) is 15.3. The molecule has 0 aliphatic heterocycles. The normalized spacial score (nSPS) is 11.3. The van der Waals surface area contributed by atoms with Crippen molar-refractivity contribution in [2.75, 3.05) is 11.9 Å². The van der Waals surface area contributed by atoms with Crippen LogP contribution in [0.1, 0.15) is 34.6 Å². The van der Waals surface area contributed by atoms with Gasteiger partial charge in [-0.3, -0.25) is 14.4 Å². The van der Waals surface area contributed by atoms with Crippen LogP contribution in [0.15, 0.2) is 48.5 Å². The first-order valence-corrected chi connectivity index (χ1v) is 8.54. The van der Waals surface area contributed by atoms with Gasteiger partial charge in [-0.15, -0.1) is 0 Å². The Morgan fingerprint density at radius 1 is 1.04 bits per heavy atom. The standard InChI is InChI=1S/C19H20ClN3O3/c1-3-21-18(25)13-7-6-8-14(11-13)23-17(24)12(2)22-19(26)15-9-4-5-10-16(15)20/h4-12H,3H2,1-2H3,(H,21,25)(H,22,26)(H,23,24). The molecule has 0 aromatic heterocycles. The Labute approximate surface area is 156 Å². The average Bonchev–Trinajstić information content (AvgIpc) is 2.62. The molecule has 0 heterocycles. The molecule has 0 radical (unpaired) electrons. The van der Waals surface area contributed by atoms with Gasteiger partial charge in [0.15, 0.2) is 0 Å². The summed E-state index contributed by atoms with van der Waals surface area (Å²) in [6, 6.07) is 12.4. The van der Waals surface area contributed by atoms with Gasteiger partial charge in [-0.05, 0) is 44.2 Å². The molecule has 1 atom stereocenters. The predicted molar refractivity (Wildman–Crippen MR) is 101 cm³/mol. The van der Waals surface area contributed by atoms with E-state index in [0.717, 1.165) is 0 Å². The van der Waals surface area contributed by atoms with E-state index in [2.05, 4.69) is 16.0 Å². The molecule has 2 rings (SSSR count). The van der Waals surface area contributed by atoms with Crippen LogP contribution in [-0.4, -0.2) is 30.3 Å². The van der Waals surface area contributed by atoms with Gasteiger partial charge in [-0.25, -0.2) is 0 Å². The molecule has 0 bridgehead atoms. The Morgan fingerprint density at radius 2 is 1.77 bits per heavy atom. The molecule has 0 saturated heterocycles. The largest absolute Gasteiger partial charge is 0.352 e. The van der Waals surface area contributed by atoms with Crippen LogP contribution in [0.2, 0.25) is 5.02 Å². The number of amides is 3. The number of anilines is 1. The number of halogens is 1. The maximum absolute atomic E-state index is 12.3. The molecule has 0 aliphatic carbocycles. The van der Waals surface area contributed by atoms with Crippen molar-refractivity contribution < 1.29 is 14.4 Å². The molecule has 6 nitrogen and oxygen atoms in total. The van der Waals surface area contributed by atoms with Crippen molar-refractivity contribution >= 4 is 35.0 Å². The molecule has 0 aliphatic rings. The van der Waals surface area contributed by atoms with Gasteiger partial charge in [0, 0.05) is 17.8 Å². The van der Waals surface area contributed by atoms with Gasteiger partial charge in [0.1, 0.15) is 6.04 Å². The summed E-state index contributed by atoms with van der Waals surface area (Å²) in [4.78, 5) is 36.4. The van der Waals surface area contributed by atoms with E-state index >= 15 is 0 Å². The summed E-state index contributed by atoms with van der Waals surface area (Å²) in [5.41, 5.74) is 1.21. The summed E-state index contributed by atoms with van der Waals surface area (Å²) in [7, 11) is 0. The van der Waals surface area contributed by atoms with Gasteiger partial charge in [0.25, 0.3) is 11.8 Å². The molecule has 26 heavy (non-hydrogen) atoms. The highest BCUT2D eigenvalue weighted by atomic mass is 35.5. The highest BCUT2D eigenvalue weighted by Gasteiger charge is 2.18. The van der Waals surface area contributed by atoms with Crippen LogP contribution in [0.5, 0.6) is 0 Å². The van der Waals surface area contributed by atoms with Crippen LogP contribution >= 0.6 is 11.6 Å². The SMILES string of the molecule is CCNC(=O)c1cccc(NC(=O)C(C)NC(=O)c2ccccc2Cl)c1. The van der Waals surface area contributed by atoms with Gasteiger partial charge in [0.05, 0.1) is 10.6 Å². The van der Waals surface area contributed by atoms with Gasteiger partial charge in [-0.1, -0.05) is 29.8 Å². The third-order valence-electron chi connectivity index (χ3n) is 3.59. The fraction of sp³-hybridized carbons (Fsp3) is 0.211. The first kappa shape index (κ1) is 19.5. The molecule has 136 valence electrons. The topological polar surface area (TPSA) is 87.3 Å². The summed E-state index contributed by atoms with van der Waals surface area (Å²) in [5.74, 6) is -1.06. The van der Waals surface area contributed by atoms with Crippen LogP contribution in [0.4, 0.5) is 5.69 Å². The molecule has 0 spiro atoms. The number of hydrogen-bond donors (Lipinski definition) is 3. The summed E-state index contributed by atoms with van der Waals surface area (Å²) < 4.78 is 0. The van der Waals surface area contributed by atoms with Crippen molar-refractivity contribution in [2.45, 2.75) is 19.9 Å². The van der Waals surface area contributed by atoms with Crippen molar-refractivity contribution in [1.82, 2.24) is 10.6 Å². The van der Waals surface area contributed by atoms with Crippen molar-refractivity contribution in [3.63, 3.8) is 0 Å². The van der Waals surface area contributed by atoms with E-state index in [0.29, 0.717) is 28.4 Å². The van der Waals surface area contributed by atoms with Crippen LogP contribution in [0, 0.1) is 0 Å². The van der Waals surface area contributed by atoms with Gasteiger partial charge < -0.3 is 16.0 Å². The van der Waals surface area contributed by atoms with Gasteiger partial charge >= 0.3 is 0 Å². The second-order valence-corrected chi connectivity index (χ2v) is 6.01. The molecule has 3 amide bonds. The molecule has 0 fully saturated rings. The molecule has 0 saturated carbocycles. The first-order valence-electron chi connectivity index (χ1n) is 8.17. The predicted octanol–water partition coefficient (Wildman–Crippen LogP) is 2.85. The fourth-order valence-corrected chi connectivity index (χ4v) is 2.46. The maximum atomic E-state index is 12.3. The number of benzene rings is 2. The highest BCUT2D eigenvalue weighted by molar-refractivity contribution is 6.33. The number of rotatable bonds is 6. The Bertz CT molecular complexity index is 823. The number of nitrogens with one attached hydrogen (secondary N) is 3. The molecular weight excluding hydrogens is 354 g/mol. The van der Waals surface area contributed by atoms with Gasteiger partial charge in [-0.2, -0.15) is 0 Å². The van der Waals surface area contributed by atoms with Gasteiger partial charge in [0.2, 0.25) is 5.91 Å². The second-order valence-electron chi connectivity index (χ2n) is 5.60. The lowest BCUT2D eigenvalue weighted by atomic mass is 10.1. The van der Waals surface area contributed by atoms with Crippen LogP contribution in [0.3, 0.4) is 0 Å². The molecule has 1 unspecified atom stereocenters. The quantitative estimate of drug-likeness (QED) is 0.727. The van der Waals surface area contributed by atoms with Crippen LogP contribution in [-0.2, 0) is 4.79 Å². The summed E-state index contributed by atoms with van der Waals surface area (Å²) in [6.07, 6.45) is 0. The van der Waals surface area contributed by atoms with E-state index in [1.807, 2.05) is 6.92 Å². The summed E-state index contributed by atoms with van der Waals surface area (Å²) in [6.45, 7) is 3.91. The lowest BCUT2D eigenvalue weighted by Crippen LogP contribution is -2.41. The monoisotopic (exact) mass is 373 g/mol. The number of carbonyl (C=O) groups excluding carboxylic acids is 3. The molecule has 2 aromatic rings. The lowest BCUT2D eigenvalue weighted by molar-refractivity contribution is -0.117. The van der Waals surface area contributed by atoms with Crippen molar-refractivity contribution in [2.24, 2.45) is 0 Å². The van der Waals surface area contributed by atoms with E-state index < -0.39 is 17.9 Å². The zero-order chi connectivity index (χ0) is 19.1. The van der Waals surface area contributed by atoms with Crippen molar-refractivity contribution in [3.05, 3.63) is 64.7 Å². The van der Waals surface area contributed by atoms with E-state index in [-0.39, 0.29) is 5.91 Å². The van der Waals surface area contributed by atoms with Crippen molar-refractivity contribution in [1.29, 1.82) is 0 Å². The lowest BCUT2D eigenvalue weighted by Gasteiger charge is -2.15. The number of carbonyl (C=O) groups is 3. The first-order chi connectivity index (χ1) is 12.4. The Balaban J connectivity index is 2.01. The third kappa shape index (κ3) is 5.07. The summed E-state index contributed by atoms with van der Waals surface area (Å²) >= 11 is 5.99. The van der Waals surface area contributed by atoms with Crippen molar-refractivity contribution in [3.8, 4) is 0 Å². The second kappa shape index (κ2) is 9.01. The maximum Gasteiger partial charge on any atom is 0.253 e. The Morgan fingerprint density at radius 3 is 2.46 bits per heavy atom. The molecule has 7 heteroatoms. The minimum Gasteiger partial charge on any atom is -0.352 e. The summed E-state index contributed by atoms with van der Waals surface area (Å²) in [5, 5.41) is 8.29. The average molecular weight is 374 g/mol. The van der Waals surface area contributed by atoms with E-state index in [4.69, 9.17) is 11.6 Å². The smallest absolute Gasteiger partial charge is 0.253 e. The molecule has 3 N–H and O–H groups in total. The fourth-order valence-electron chi connectivity index (χ4n) is 2.24. The highest BCUT2D eigenvalue weighted by Crippen LogP contribution is 2.15. The Kier molecular flexibility index (Phi) is 6.74. The van der Waals surface area contributed by atoms with Crippen LogP contribution < -0.4 is 16.0 Å². The molecular formula is C19H20ClN3O3. The van der Waals surface area contributed by atoms with Crippen LogP contribution in [0.25, 0.3) is 0 Å². The molecule has 2 aromatic carbocycles. The number of hydrogen-bond acceptors (Lipinski definition) is 3. The minimum absolute atomic E-state index is 0.219. The van der Waals surface area contributed by atoms with E-state index in [9.17, 15) is 14.4 Å². The third-order valence-corrected chi connectivity index (χ3v) is 3.92. The Hall–Kier alpha value is -2.86. The van der Waals surface area contributed by atoms with E-state index in [1.165, 1.54) is 0 Å². The minimum atomic E-state index is -0.785. The van der Waals surface area contributed by atoms with E-state index in [1.54, 1.807) is 55.5 Å².